The predicted octanol–water partition coefficient (Wildman–Crippen LogP) is 2.46. The summed E-state index contributed by atoms with van der Waals surface area (Å²) < 4.78 is 11.0. The van der Waals surface area contributed by atoms with Gasteiger partial charge < -0.3 is 30.5 Å². The SMILES string of the molecule is CCCCNC(=O)Nc1cccc(OCCNCC(O)COc2ccc(Cl)nn2)c1. The van der Waals surface area contributed by atoms with Gasteiger partial charge >= 0.3 is 6.03 Å². The highest BCUT2D eigenvalue weighted by Crippen LogP contribution is 2.17. The third-order valence-electron chi connectivity index (χ3n) is 3.87. The summed E-state index contributed by atoms with van der Waals surface area (Å²) in [5.41, 5.74) is 0.660. The Hall–Kier alpha value is -2.62. The molecule has 1 unspecified atom stereocenters. The minimum atomic E-state index is -0.707. The number of rotatable bonds is 13. The molecule has 4 N–H and O–H groups in total. The molecular formula is C20H28ClN5O4. The van der Waals surface area contributed by atoms with Crippen molar-refractivity contribution in [1.82, 2.24) is 20.8 Å². The first-order valence-electron chi connectivity index (χ1n) is 9.85. The number of carbonyl (C=O) groups excluding carboxylic acids is 1. The second-order valence-corrected chi connectivity index (χ2v) is 6.86. The maximum atomic E-state index is 11.8. The molecule has 0 radical (unpaired) electrons. The van der Waals surface area contributed by atoms with E-state index in [-0.39, 0.29) is 17.8 Å². The number of anilines is 1. The van der Waals surface area contributed by atoms with Crippen molar-refractivity contribution in [3.63, 3.8) is 0 Å². The molecule has 0 fully saturated rings. The summed E-state index contributed by atoms with van der Waals surface area (Å²) in [6.07, 6.45) is 1.26. The lowest BCUT2D eigenvalue weighted by molar-refractivity contribution is 0.102. The normalized spacial score (nSPS) is 11.6. The molecule has 2 amide bonds. The molecule has 0 aliphatic carbocycles. The van der Waals surface area contributed by atoms with Gasteiger partial charge in [0.05, 0.1) is 0 Å². The predicted molar refractivity (Wildman–Crippen MR) is 115 cm³/mol. The Balaban J connectivity index is 1.59. The Morgan fingerprint density at radius 2 is 2.07 bits per heavy atom. The van der Waals surface area contributed by atoms with Gasteiger partial charge in [0.1, 0.15) is 25.1 Å². The van der Waals surface area contributed by atoms with Crippen molar-refractivity contribution in [3.05, 3.63) is 41.6 Å². The third kappa shape index (κ3) is 9.73. The van der Waals surface area contributed by atoms with Crippen molar-refractivity contribution >= 4 is 23.3 Å². The minimum Gasteiger partial charge on any atom is -0.492 e. The number of ether oxygens (including phenoxy) is 2. The van der Waals surface area contributed by atoms with Crippen molar-refractivity contribution < 1.29 is 19.4 Å². The van der Waals surface area contributed by atoms with Crippen LogP contribution in [0.3, 0.4) is 0 Å². The van der Waals surface area contributed by atoms with E-state index in [1.165, 1.54) is 0 Å². The lowest BCUT2D eigenvalue weighted by Crippen LogP contribution is -2.33. The van der Waals surface area contributed by atoms with Crippen LogP contribution in [0, 0.1) is 0 Å². The van der Waals surface area contributed by atoms with Crippen LogP contribution in [0.25, 0.3) is 0 Å². The molecule has 1 atom stereocenters. The van der Waals surface area contributed by atoms with Gasteiger partial charge in [-0.2, -0.15) is 0 Å². The van der Waals surface area contributed by atoms with Crippen LogP contribution in [-0.2, 0) is 0 Å². The van der Waals surface area contributed by atoms with Crippen molar-refractivity contribution in [2.45, 2.75) is 25.9 Å². The first-order valence-corrected chi connectivity index (χ1v) is 10.2. The van der Waals surface area contributed by atoms with E-state index in [4.69, 9.17) is 21.1 Å². The Kier molecular flexibility index (Phi) is 10.7. The summed E-state index contributed by atoms with van der Waals surface area (Å²) in [6, 6.07) is 10.1. The van der Waals surface area contributed by atoms with Gasteiger partial charge in [0.25, 0.3) is 0 Å². The number of benzene rings is 1. The highest BCUT2D eigenvalue weighted by molar-refractivity contribution is 6.29. The summed E-state index contributed by atoms with van der Waals surface area (Å²) >= 11 is 5.65. The maximum absolute atomic E-state index is 11.8. The van der Waals surface area contributed by atoms with E-state index in [1.54, 1.807) is 24.3 Å². The Morgan fingerprint density at radius 1 is 1.20 bits per heavy atom. The molecule has 2 rings (SSSR count). The van der Waals surface area contributed by atoms with E-state index in [9.17, 15) is 9.90 Å². The highest BCUT2D eigenvalue weighted by atomic mass is 35.5. The maximum Gasteiger partial charge on any atom is 0.319 e. The number of aliphatic hydroxyl groups is 1. The fourth-order valence-electron chi connectivity index (χ4n) is 2.35. The molecule has 1 aromatic carbocycles. The highest BCUT2D eigenvalue weighted by Gasteiger charge is 2.06. The van der Waals surface area contributed by atoms with E-state index in [0.29, 0.717) is 43.6 Å². The number of urea groups is 1. The summed E-state index contributed by atoms with van der Waals surface area (Å²) in [4.78, 5) is 11.8. The van der Waals surface area contributed by atoms with Gasteiger partial charge in [0.2, 0.25) is 5.88 Å². The second-order valence-electron chi connectivity index (χ2n) is 6.47. The number of nitrogens with one attached hydrogen (secondary N) is 3. The van der Waals surface area contributed by atoms with Gasteiger partial charge in [-0.05, 0) is 24.6 Å². The lowest BCUT2D eigenvalue weighted by atomic mass is 10.3. The van der Waals surface area contributed by atoms with Crippen LogP contribution in [0.15, 0.2) is 36.4 Å². The molecule has 2 aromatic rings. The van der Waals surface area contributed by atoms with E-state index >= 15 is 0 Å². The molecule has 30 heavy (non-hydrogen) atoms. The van der Waals surface area contributed by atoms with Crippen LogP contribution in [0.5, 0.6) is 11.6 Å². The quantitative estimate of drug-likeness (QED) is 0.355. The van der Waals surface area contributed by atoms with E-state index in [0.717, 1.165) is 12.8 Å². The molecule has 1 heterocycles. The van der Waals surface area contributed by atoms with E-state index in [1.807, 2.05) is 12.1 Å². The third-order valence-corrected chi connectivity index (χ3v) is 4.07. The van der Waals surface area contributed by atoms with Crippen LogP contribution in [0.2, 0.25) is 5.15 Å². The van der Waals surface area contributed by atoms with Crippen molar-refractivity contribution in [2.75, 3.05) is 38.2 Å². The summed E-state index contributed by atoms with van der Waals surface area (Å²) in [5.74, 6) is 0.947. The van der Waals surface area contributed by atoms with Crippen LogP contribution < -0.4 is 25.4 Å². The second kappa shape index (κ2) is 13.6. The summed E-state index contributed by atoms with van der Waals surface area (Å²) in [7, 11) is 0. The van der Waals surface area contributed by atoms with E-state index in [2.05, 4.69) is 33.1 Å². The minimum absolute atomic E-state index is 0.0816. The molecule has 9 nitrogen and oxygen atoms in total. The number of amides is 2. The summed E-state index contributed by atoms with van der Waals surface area (Å²) in [5, 5.41) is 26.3. The molecular weight excluding hydrogens is 410 g/mol. The first-order chi connectivity index (χ1) is 14.6. The van der Waals surface area contributed by atoms with Crippen LogP contribution in [-0.4, -0.2) is 60.3 Å². The largest absolute Gasteiger partial charge is 0.492 e. The molecule has 0 bridgehead atoms. The van der Waals surface area contributed by atoms with Gasteiger partial charge in [-0.1, -0.05) is 31.0 Å². The van der Waals surface area contributed by atoms with Gasteiger partial charge in [0, 0.05) is 37.5 Å². The average molecular weight is 438 g/mol. The number of aromatic nitrogens is 2. The number of hydrogen-bond acceptors (Lipinski definition) is 7. The fourth-order valence-corrected chi connectivity index (χ4v) is 2.45. The Morgan fingerprint density at radius 3 is 2.83 bits per heavy atom. The number of halogens is 1. The van der Waals surface area contributed by atoms with E-state index < -0.39 is 6.10 Å². The molecule has 1 aromatic heterocycles. The molecule has 10 heteroatoms. The van der Waals surface area contributed by atoms with Crippen molar-refractivity contribution in [1.29, 1.82) is 0 Å². The van der Waals surface area contributed by atoms with Gasteiger partial charge in [-0.3, -0.25) is 0 Å². The molecule has 0 spiro atoms. The number of hydrogen-bond donors (Lipinski definition) is 4. The smallest absolute Gasteiger partial charge is 0.319 e. The summed E-state index contributed by atoms with van der Waals surface area (Å²) in [6.45, 7) is 4.08. The zero-order valence-corrected chi connectivity index (χ0v) is 17.7. The van der Waals surface area contributed by atoms with Crippen LogP contribution >= 0.6 is 11.6 Å². The Bertz CT molecular complexity index is 763. The van der Waals surface area contributed by atoms with Crippen LogP contribution in [0.4, 0.5) is 10.5 Å². The average Bonchev–Trinajstić information content (AvgIpc) is 2.73. The number of carbonyl (C=O) groups is 1. The molecule has 0 aliphatic rings. The number of nitrogens with zero attached hydrogens (tertiary/aromatic N) is 2. The lowest BCUT2D eigenvalue weighted by Gasteiger charge is -2.13. The topological polar surface area (TPSA) is 118 Å². The van der Waals surface area contributed by atoms with Gasteiger partial charge in [-0.15, -0.1) is 10.2 Å². The molecule has 0 saturated heterocycles. The Labute approximate surface area is 181 Å². The monoisotopic (exact) mass is 437 g/mol. The number of aliphatic hydroxyl groups excluding tert-OH is 1. The molecule has 164 valence electrons. The fraction of sp³-hybridized carbons (Fsp3) is 0.450. The molecule has 0 aliphatic heterocycles. The van der Waals surface area contributed by atoms with Crippen molar-refractivity contribution in [2.24, 2.45) is 0 Å². The van der Waals surface area contributed by atoms with Gasteiger partial charge in [0.15, 0.2) is 5.15 Å². The van der Waals surface area contributed by atoms with Crippen LogP contribution in [0.1, 0.15) is 19.8 Å². The molecule has 0 saturated carbocycles. The standard InChI is InChI=1S/C20H28ClN5O4/c1-2-3-9-23-20(28)24-15-5-4-6-17(12-15)29-11-10-22-13-16(27)14-30-19-8-7-18(21)25-26-19/h4-8,12,16,22,27H,2-3,9-11,13-14H2,1H3,(H2,23,24,28). The first kappa shape index (κ1) is 23.7. The number of unbranched alkanes of at least 4 members (excludes halogenated alkanes) is 1. The van der Waals surface area contributed by atoms with Gasteiger partial charge in [-0.25, -0.2) is 4.79 Å². The zero-order chi connectivity index (χ0) is 21.6. The zero-order valence-electron chi connectivity index (χ0n) is 16.9. The van der Waals surface area contributed by atoms with Crippen molar-refractivity contribution in [3.8, 4) is 11.6 Å².